The van der Waals surface area contributed by atoms with Crippen LogP contribution in [-0.2, 0) is 43.0 Å². The first-order chi connectivity index (χ1) is 38.3. The number of phosphoric acid groups is 1. The van der Waals surface area contributed by atoms with Gasteiger partial charge < -0.3 is 44.7 Å². The van der Waals surface area contributed by atoms with Crippen LogP contribution >= 0.6 is 20.0 Å². The fourth-order valence-corrected chi connectivity index (χ4v) is 11.4. The molecule has 0 fully saturated rings. The molecule has 0 saturated heterocycles. The molecule has 2 aliphatic rings. The van der Waals surface area contributed by atoms with Crippen molar-refractivity contribution in [3.05, 3.63) is 76.9 Å². The predicted molar refractivity (Wildman–Crippen MR) is 314 cm³/mol. The number of thiocarbonyl (C=S) groups is 1. The Morgan fingerprint density at radius 3 is 1.52 bits per heavy atom. The second-order valence-electron chi connectivity index (χ2n) is 21.5. The number of anilines is 1. The molecule has 5 N–H and O–H groups in total. The first-order valence-corrected chi connectivity index (χ1v) is 32.0. The maximum Gasteiger partial charge on any atom is 0.472 e. The number of esters is 3. The SMILES string of the molecule is CCCCCCCCCCCCCCCCCC(=O)OC[C@H](COP(=O)(O)OCCNC(=S)Nc1ccc2c(c1)C(=O)OC21c2ccc(O)cc2Oc2cc(O)ccc21)OC(=O)CCCCCCCCCCCCCCCCC. The lowest BCUT2D eigenvalue weighted by Crippen LogP contribution is -2.33. The molecule has 440 valence electrons. The van der Waals surface area contributed by atoms with Crippen molar-refractivity contribution in [2.24, 2.45) is 0 Å². The Morgan fingerprint density at radius 2 is 1.04 bits per heavy atom. The van der Waals surface area contributed by atoms with Gasteiger partial charge in [0, 0.05) is 53.9 Å². The fraction of sp³-hybridized carbons (Fsp3) is 0.645. The Bertz CT molecular complexity index is 2310. The van der Waals surface area contributed by atoms with Gasteiger partial charge in [-0.15, -0.1) is 0 Å². The van der Waals surface area contributed by atoms with Gasteiger partial charge in [-0.1, -0.05) is 200 Å². The van der Waals surface area contributed by atoms with Crippen molar-refractivity contribution in [2.45, 2.75) is 231 Å². The lowest BCUT2D eigenvalue weighted by molar-refractivity contribution is -0.161. The number of ether oxygens (including phenoxy) is 4. The topological polar surface area (TPSA) is 208 Å². The minimum absolute atomic E-state index is 0.0162. The summed E-state index contributed by atoms with van der Waals surface area (Å²) in [6.45, 7) is 3.32. The molecule has 0 aromatic heterocycles. The molecule has 79 heavy (non-hydrogen) atoms. The van der Waals surface area contributed by atoms with Crippen LogP contribution in [0.25, 0.3) is 0 Å². The van der Waals surface area contributed by atoms with E-state index in [2.05, 4.69) is 24.5 Å². The molecule has 3 aromatic rings. The van der Waals surface area contributed by atoms with E-state index >= 15 is 0 Å². The number of phenolic OH excluding ortho intramolecular Hbond substituents is 2. The van der Waals surface area contributed by atoms with Gasteiger partial charge in [-0.3, -0.25) is 18.6 Å². The molecule has 17 heteroatoms. The summed E-state index contributed by atoms with van der Waals surface area (Å²) in [4.78, 5) is 49.9. The highest BCUT2D eigenvalue weighted by molar-refractivity contribution is 7.80. The predicted octanol–water partition coefficient (Wildman–Crippen LogP) is 16.1. The number of carbonyl (C=O) groups excluding carboxylic acids is 3. The third-order valence-electron chi connectivity index (χ3n) is 14.8. The van der Waals surface area contributed by atoms with Crippen LogP contribution in [0.15, 0.2) is 54.6 Å². The van der Waals surface area contributed by atoms with E-state index in [1.165, 1.54) is 166 Å². The molecule has 5 rings (SSSR count). The van der Waals surface area contributed by atoms with E-state index in [9.17, 15) is 34.1 Å². The second kappa shape index (κ2) is 36.6. The highest BCUT2D eigenvalue weighted by Crippen LogP contribution is 2.57. The number of rotatable bonds is 43. The summed E-state index contributed by atoms with van der Waals surface area (Å²) < 4.78 is 46.8. The Kier molecular flexibility index (Phi) is 30.1. The summed E-state index contributed by atoms with van der Waals surface area (Å²) in [5.74, 6) is -1.12. The molecule has 1 unspecified atom stereocenters. The molecule has 2 atom stereocenters. The van der Waals surface area contributed by atoms with Crippen molar-refractivity contribution in [3.63, 3.8) is 0 Å². The van der Waals surface area contributed by atoms with Crippen LogP contribution in [0.4, 0.5) is 5.69 Å². The standard InChI is InChI=1S/C62H93N2O13PS/c1-3-5-7-9-11-13-15-17-19-21-23-25-27-29-31-33-58(67)72-46-51(75-59(68)34-32-30-28-26-24-22-20-18-16-14-12-10-8-6-4-2)47-74-78(70,71)73-42-41-63-61(79)64-48-35-38-53-52(43-48)60(69)77-62(53)54-39-36-49(65)44-56(54)76-57-45-50(66)37-40-55(57)62/h35-40,43-45,51,65-66H,3-34,41-42,46-47H2,1-2H3,(H,70,71)(H2,63,64,79)/t51-/m1/s1. The molecule has 0 saturated carbocycles. The summed E-state index contributed by atoms with van der Waals surface area (Å²) in [5.41, 5.74) is 0.770. The van der Waals surface area contributed by atoms with Crippen LogP contribution < -0.4 is 15.4 Å². The normalized spacial score (nSPS) is 14.1. The summed E-state index contributed by atoms with van der Waals surface area (Å²) in [6.07, 6.45) is 35.6. The molecule has 0 amide bonds. The zero-order chi connectivity index (χ0) is 56.6. The van der Waals surface area contributed by atoms with E-state index in [0.29, 0.717) is 35.2 Å². The zero-order valence-electron chi connectivity index (χ0n) is 47.5. The summed E-state index contributed by atoms with van der Waals surface area (Å²) in [7, 11) is -4.67. The number of hydrogen-bond donors (Lipinski definition) is 5. The molecule has 2 heterocycles. The number of phosphoric ester groups is 1. The van der Waals surface area contributed by atoms with Crippen molar-refractivity contribution in [3.8, 4) is 23.0 Å². The molecule has 3 aromatic carbocycles. The average molecular weight is 1140 g/mol. The maximum atomic E-state index is 13.6. The highest BCUT2D eigenvalue weighted by atomic mass is 32.1. The Balaban J connectivity index is 1.02. The number of unbranched alkanes of at least 4 members (excludes halogenated alkanes) is 28. The summed E-state index contributed by atoms with van der Waals surface area (Å²) in [5, 5.41) is 26.5. The van der Waals surface area contributed by atoms with E-state index in [1.807, 2.05) is 0 Å². The van der Waals surface area contributed by atoms with E-state index in [-0.39, 0.29) is 66.3 Å². The number of phenols is 2. The molecule has 0 bridgehead atoms. The number of aromatic hydroxyl groups is 2. The number of nitrogens with one attached hydrogen (secondary N) is 2. The van der Waals surface area contributed by atoms with Gasteiger partial charge in [-0.2, -0.15) is 0 Å². The molecule has 1 spiro atoms. The van der Waals surface area contributed by atoms with Gasteiger partial charge in [0.2, 0.25) is 0 Å². The minimum atomic E-state index is -4.67. The minimum Gasteiger partial charge on any atom is -0.508 e. The maximum absolute atomic E-state index is 13.6. The van der Waals surface area contributed by atoms with Gasteiger partial charge in [0.1, 0.15) is 29.6 Å². The lowest BCUT2D eigenvalue weighted by atomic mass is 9.77. The Hall–Kier alpha value is -4.73. The Morgan fingerprint density at radius 1 is 0.595 bits per heavy atom. The third-order valence-corrected chi connectivity index (χ3v) is 16.0. The molecule has 0 radical (unpaired) electrons. The molecule has 15 nitrogen and oxygen atoms in total. The second-order valence-corrected chi connectivity index (χ2v) is 23.3. The van der Waals surface area contributed by atoms with Crippen molar-refractivity contribution < 1.29 is 62.1 Å². The quantitative estimate of drug-likeness (QED) is 0.0117. The Labute approximate surface area is 476 Å². The van der Waals surface area contributed by atoms with E-state index in [0.717, 1.165) is 38.5 Å². The largest absolute Gasteiger partial charge is 0.508 e. The van der Waals surface area contributed by atoms with Crippen LogP contribution in [-0.4, -0.2) is 70.6 Å². The van der Waals surface area contributed by atoms with Gasteiger partial charge in [0.25, 0.3) is 0 Å². The summed E-state index contributed by atoms with van der Waals surface area (Å²) >= 11 is 5.48. The summed E-state index contributed by atoms with van der Waals surface area (Å²) in [6, 6.07) is 14.1. The zero-order valence-corrected chi connectivity index (χ0v) is 49.2. The lowest BCUT2D eigenvalue weighted by Gasteiger charge is -2.36. The van der Waals surface area contributed by atoms with Gasteiger partial charge >= 0.3 is 25.7 Å². The number of carbonyl (C=O) groups is 3. The van der Waals surface area contributed by atoms with E-state index in [1.54, 1.807) is 30.3 Å². The van der Waals surface area contributed by atoms with Gasteiger partial charge in [-0.05, 0) is 61.5 Å². The van der Waals surface area contributed by atoms with Gasteiger partial charge in [0.15, 0.2) is 16.8 Å². The third kappa shape index (κ3) is 23.3. The first kappa shape index (κ1) is 65.1. The van der Waals surface area contributed by atoms with Crippen LogP contribution in [0.5, 0.6) is 23.0 Å². The monoisotopic (exact) mass is 1140 g/mol. The van der Waals surface area contributed by atoms with E-state index < -0.39 is 44.0 Å². The fourth-order valence-electron chi connectivity index (χ4n) is 10.4. The number of benzene rings is 3. The molecule has 0 aliphatic carbocycles. The van der Waals surface area contributed by atoms with Crippen LogP contribution in [0.2, 0.25) is 0 Å². The van der Waals surface area contributed by atoms with Crippen LogP contribution in [0.3, 0.4) is 0 Å². The van der Waals surface area contributed by atoms with Crippen LogP contribution in [0, 0.1) is 0 Å². The highest BCUT2D eigenvalue weighted by Gasteiger charge is 2.53. The number of hydrogen-bond acceptors (Lipinski definition) is 13. The van der Waals surface area contributed by atoms with Crippen molar-refractivity contribution in [2.75, 3.05) is 31.7 Å². The first-order valence-electron chi connectivity index (χ1n) is 30.1. The molecular formula is C62H93N2O13PS. The molecular weight excluding hydrogens is 1040 g/mol. The van der Waals surface area contributed by atoms with Crippen molar-refractivity contribution >= 4 is 48.7 Å². The van der Waals surface area contributed by atoms with Gasteiger partial charge in [0.05, 0.1) is 18.8 Å². The smallest absolute Gasteiger partial charge is 0.472 e. The van der Waals surface area contributed by atoms with Crippen molar-refractivity contribution in [1.82, 2.24) is 5.32 Å². The average Bonchev–Trinajstić information content (AvgIpc) is 3.83. The van der Waals surface area contributed by atoms with Crippen molar-refractivity contribution in [1.29, 1.82) is 0 Å². The molecule has 2 aliphatic heterocycles. The van der Waals surface area contributed by atoms with Gasteiger partial charge in [-0.25, -0.2) is 9.36 Å². The van der Waals surface area contributed by atoms with E-state index in [4.69, 9.17) is 40.2 Å². The number of fused-ring (bicyclic) bond motifs is 6. The van der Waals surface area contributed by atoms with Crippen LogP contribution in [0.1, 0.15) is 246 Å².